The van der Waals surface area contributed by atoms with E-state index in [1.165, 1.54) is 0 Å². The molecule has 0 rings (SSSR count). The third kappa shape index (κ3) is 11.9. The van der Waals surface area contributed by atoms with Crippen molar-refractivity contribution in [2.45, 2.75) is 26.7 Å². The molecule has 3 N–H and O–H groups in total. The van der Waals surface area contributed by atoms with Gasteiger partial charge in [0.15, 0.2) is 0 Å². The standard InChI is InChI=1S/C14H26N2O3S/c1-4-6-20-7-5-15-14(19)16-10-12(8-11(2)3)9-13(17)18/h4,11-12H,1,5-10H2,2-3H3,(H,17,18)(H2,15,16,19). The SMILES string of the molecule is C=CCSCCNC(=O)NCC(CC(=O)O)CC(C)C. The normalized spacial score (nSPS) is 11.9. The highest BCUT2D eigenvalue weighted by molar-refractivity contribution is 7.99. The molecule has 0 saturated carbocycles. The fourth-order valence-corrected chi connectivity index (χ4v) is 2.44. The number of amides is 2. The topological polar surface area (TPSA) is 78.4 Å². The van der Waals surface area contributed by atoms with E-state index in [-0.39, 0.29) is 18.4 Å². The molecular weight excluding hydrogens is 276 g/mol. The third-order valence-electron chi connectivity index (χ3n) is 2.59. The number of urea groups is 1. The number of carbonyl (C=O) groups is 2. The lowest BCUT2D eigenvalue weighted by Crippen LogP contribution is -2.39. The number of carbonyl (C=O) groups excluding carboxylic acids is 1. The van der Waals surface area contributed by atoms with Crippen LogP contribution in [0.3, 0.4) is 0 Å². The summed E-state index contributed by atoms with van der Waals surface area (Å²) in [4.78, 5) is 22.3. The Morgan fingerprint density at radius 1 is 1.35 bits per heavy atom. The van der Waals surface area contributed by atoms with Crippen molar-refractivity contribution in [2.24, 2.45) is 11.8 Å². The van der Waals surface area contributed by atoms with Gasteiger partial charge >= 0.3 is 12.0 Å². The molecule has 116 valence electrons. The minimum atomic E-state index is -0.821. The summed E-state index contributed by atoms with van der Waals surface area (Å²) in [6.45, 7) is 8.71. The molecule has 0 aliphatic rings. The Morgan fingerprint density at radius 3 is 2.60 bits per heavy atom. The average molecular weight is 302 g/mol. The van der Waals surface area contributed by atoms with Crippen LogP contribution in [0, 0.1) is 11.8 Å². The Bertz CT molecular complexity index is 309. The molecule has 2 amide bonds. The highest BCUT2D eigenvalue weighted by Gasteiger charge is 2.15. The van der Waals surface area contributed by atoms with Crippen LogP contribution in [0.1, 0.15) is 26.7 Å². The fourth-order valence-electron chi connectivity index (χ4n) is 1.86. The van der Waals surface area contributed by atoms with E-state index in [1.54, 1.807) is 11.8 Å². The number of nitrogens with one attached hydrogen (secondary N) is 2. The van der Waals surface area contributed by atoms with Gasteiger partial charge in [-0.1, -0.05) is 19.9 Å². The number of hydrogen-bond acceptors (Lipinski definition) is 3. The van der Waals surface area contributed by atoms with Crippen molar-refractivity contribution in [3.05, 3.63) is 12.7 Å². The second kappa shape index (κ2) is 11.6. The van der Waals surface area contributed by atoms with Gasteiger partial charge in [0.1, 0.15) is 0 Å². The van der Waals surface area contributed by atoms with Crippen molar-refractivity contribution in [2.75, 3.05) is 24.6 Å². The maximum atomic E-state index is 11.6. The minimum Gasteiger partial charge on any atom is -0.481 e. The van der Waals surface area contributed by atoms with E-state index in [1.807, 2.05) is 19.9 Å². The Labute approximate surface area is 125 Å². The quantitative estimate of drug-likeness (QED) is 0.404. The minimum absolute atomic E-state index is 0.0200. The first-order valence-electron chi connectivity index (χ1n) is 6.87. The zero-order valence-corrected chi connectivity index (χ0v) is 13.2. The van der Waals surface area contributed by atoms with Gasteiger partial charge in [-0.2, -0.15) is 11.8 Å². The van der Waals surface area contributed by atoms with Crippen molar-refractivity contribution in [1.29, 1.82) is 0 Å². The van der Waals surface area contributed by atoms with Crippen LogP contribution in [0.2, 0.25) is 0 Å². The van der Waals surface area contributed by atoms with Crippen LogP contribution < -0.4 is 10.6 Å². The van der Waals surface area contributed by atoms with Crippen LogP contribution in [0.25, 0.3) is 0 Å². The molecule has 1 atom stereocenters. The number of carboxylic acids is 1. The van der Waals surface area contributed by atoms with Gasteiger partial charge in [-0.15, -0.1) is 6.58 Å². The van der Waals surface area contributed by atoms with E-state index in [4.69, 9.17) is 5.11 Å². The second-order valence-corrected chi connectivity index (χ2v) is 6.24. The smallest absolute Gasteiger partial charge is 0.314 e. The summed E-state index contributed by atoms with van der Waals surface area (Å²) >= 11 is 1.70. The van der Waals surface area contributed by atoms with Crippen molar-refractivity contribution >= 4 is 23.8 Å². The summed E-state index contributed by atoms with van der Waals surface area (Å²) in [5.74, 6) is 1.29. The summed E-state index contributed by atoms with van der Waals surface area (Å²) in [5.41, 5.74) is 0. The Morgan fingerprint density at radius 2 is 2.05 bits per heavy atom. The molecule has 20 heavy (non-hydrogen) atoms. The van der Waals surface area contributed by atoms with Crippen molar-refractivity contribution in [3.8, 4) is 0 Å². The molecule has 0 fully saturated rings. The number of carboxylic acid groups (broad SMARTS) is 1. The Balaban J connectivity index is 3.85. The molecule has 0 aliphatic carbocycles. The highest BCUT2D eigenvalue weighted by atomic mass is 32.2. The van der Waals surface area contributed by atoms with E-state index in [2.05, 4.69) is 17.2 Å². The van der Waals surface area contributed by atoms with Crippen LogP contribution >= 0.6 is 11.8 Å². The molecule has 6 heteroatoms. The molecule has 0 aromatic rings. The highest BCUT2D eigenvalue weighted by Crippen LogP contribution is 2.14. The van der Waals surface area contributed by atoms with Gasteiger partial charge in [-0.25, -0.2) is 4.79 Å². The van der Waals surface area contributed by atoms with E-state index >= 15 is 0 Å². The lowest BCUT2D eigenvalue weighted by molar-refractivity contribution is -0.138. The summed E-state index contributed by atoms with van der Waals surface area (Å²) < 4.78 is 0. The molecule has 0 saturated heterocycles. The maximum absolute atomic E-state index is 11.6. The molecule has 0 aromatic heterocycles. The predicted molar refractivity (Wildman–Crippen MR) is 84.1 cm³/mol. The largest absolute Gasteiger partial charge is 0.481 e. The van der Waals surface area contributed by atoms with Crippen LogP contribution in [0.5, 0.6) is 0 Å². The second-order valence-electron chi connectivity index (χ2n) is 5.09. The fraction of sp³-hybridized carbons (Fsp3) is 0.714. The maximum Gasteiger partial charge on any atom is 0.314 e. The summed E-state index contributed by atoms with van der Waals surface area (Å²) in [6.07, 6.45) is 2.71. The number of aliphatic carboxylic acids is 1. The average Bonchev–Trinajstić information content (AvgIpc) is 2.34. The monoisotopic (exact) mass is 302 g/mol. The van der Waals surface area contributed by atoms with Gasteiger partial charge in [0.2, 0.25) is 0 Å². The number of thioether (sulfide) groups is 1. The van der Waals surface area contributed by atoms with Crippen LogP contribution in [0.4, 0.5) is 4.79 Å². The van der Waals surface area contributed by atoms with Gasteiger partial charge in [0.05, 0.1) is 0 Å². The van der Waals surface area contributed by atoms with Crippen molar-refractivity contribution in [1.82, 2.24) is 10.6 Å². The lowest BCUT2D eigenvalue weighted by atomic mass is 9.94. The van der Waals surface area contributed by atoms with Gasteiger partial charge in [-0.3, -0.25) is 4.79 Å². The zero-order valence-electron chi connectivity index (χ0n) is 12.4. The molecule has 0 radical (unpaired) electrons. The van der Waals surface area contributed by atoms with E-state index in [0.29, 0.717) is 19.0 Å². The number of rotatable bonds is 11. The molecule has 0 heterocycles. The van der Waals surface area contributed by atoms with Crippen LogP contribution in [-0.4, -0.2) is 41.7 Å². The van der Waals surface area contributed by atoms with Gasteiger partial charge in [0, 0.05) is 31.0 Å². The first-order chi connectivity index (χ1) is 9.45. The van der Waals surface area contributed by atoms with E-state index in [9.17, 15) is 9.59 Å². The van der Waals surface area contributed by atoms with Gasteiger partial charge in [0.25, 0.3) is 0 Å². The summed E-state index contributed by atoms with van der Waals surface area (Å²) in [5, 5.41) is 14.3. The van der Waals surface area contributed by atoms with E-state index < -0.39 is 5.97 Å². The summed E-state index contributed by atoms with van der Waals surface area (Å²) in [6, 6.07) is -0.233. The third-order valence-corrected chi connectivity index (χ3v) is 3.55. The first kappa shape index (κ1) is 18.8. The molecule has 0 bridgehead atoms. The Hall–Kier alpha value is -1.17. The first-order valence-corrected chi connectivity index (χ1v) is 8.03. The van der Waals surface area contributed by atoms with Crippen molar-refractivity contribution < 1.29 is 14.7 Å². The number of hydrogen-bond donors (Lipinski definition) is 3. The molecule has 5 nitrogen and oxygen atoms in total. The zero-order chi connectivity index (χ0) is 15.4. The van der Waals surface area contributed by atoms with Crippen molar-refractivity contribution in [3.63, 3.8) is 0 Å². The molecule has 0 aromatic carbocycles. The molecular formula is C14H26N2O3S. The molecule has 1 unspecified atom stereocenters. The van der Waals surface area contributed by atoms with Crippen LogP contribution in [0.15, 0.2) is 12.7 Å². The van der Waals surface area contributed by atoms with E-state index in [0.717, 1.165) is 17.9 Å². The van der Waals surface area contributed by atoms with Gasteiger partial charge in [-0.05, 0) is 18.3 Å². The predicted octanol–water partition coefficient (Wildman–Crippen LogP) is 2.34. The molecule has 0 spiro atoms. The van der Waals surface area contributed by atoms with Crippen LogP contribution in [-0.2, 0) is 4.79 Å². The summed E-state index contributed by atoms with van der Waals surface area (Å²) in [7, 11) is 0. The Kier molecular flexibility index (Phi) is 11.0. The lowest BCUT2D eigenvalue weighted by Gasteiger charge is -2.18. The molecule has 0 aliphatic heterocycles. The van der Waals surface area contributed by atoms with Gasteiger partial charge < -0.3 is 15.7 Å².